The molecule has 0 radical (unpaired) electrons. The van der Waals surface area contributed by atoms with Gasteiger partial charge in [-0.1, -0.05) is 0 Å². The first-order valence-electron chi connectivity index (χ1n) is 5.12. The molecule has 3 nitrogen and oxygen atoms in total. The summed E-state index contributed by atoms with van der Waals surface area (Å²) in [7, 11) is 0. The third-order valence-corrected chi connectivity index (χ3v) is 3.80. The molecule has 1 saturated heterocycles. The van der Waals surface area contributed by atoms with E-state index >= 15 is 0 Å². The van der Waals surface area contributed by atoms with Crippen molar-refractivity contribution < 1.29 is 0 Å². The first-order chi connectivity index (χ1) is 6.75. The lowest BCUT2D eigenvalue weighted by atomic mass is 10.3. The largest absolute Gasteiger partial charge is 0.326 e. The highest BCUT2D eigenvalue weighted by Gasteiger charge is 2.18. The first-order valence-corrected chi connectivity index (χ1v) is 6.00. The second-order valence-electron chi connectivity index (χ2n) is 3.96. The average Bonchev–Trinajstić information content (AvgIpc) is 2.72. The van der Waals surface area contributed by atoms with Crippen LogP contribution in [0.5, 0.6) is 0 Å². The second-order valence-corrected chi connectivity index (χ2v) is 4.90. The Hall–Kier alpha value is -0.450. The quantitative estimate of drug-likeness (QED) is 0.812. The molecule has 0 spiro atoms. The van der Waals surface area contributed by atoms with E-state index in [4.69, 9.17) is 5.73 Å². The number of aryl methyl sites for hydroxylation is 1. The van der Waals surface area contributed by atoms with Crippen LogP contribution < -0.4 is 5.73 Å². The third-order valence-electron chi connectivity index (χ3n) is 2.81. The number of rotatable bonds is 3. The van der Waals surface area contributed by atoms with Gasteiger partial charge in [0.2, 0.25) is 0 Å². The molecule has 1 fully saturated rings. The van der Waals surface area contributed by atoms with Gasteiger partial charge < -0.3 is 10.6 Å². The summed E-state index contributed by atoms with van der Waals surface area (Å²) in [5, 5.41) is 0. The van der Waals surface area contributed by atoms with Crippen LogP contribution in [0.2, 0.25) is 0 Å². The Morgan fingerprint density at radius 1 is 1.71 bits per heavy atom. The van der Waals surface area contributed by atoms with E-state index in [0.717, 1.165) is 25.9 Å². The predicted molar refractivity (Wildman–Crippen MR) is 59.6 cm³/mol. The summed E-state index contributed by atoms with van der Waals surface area (Å²) < 4.78 is 0. The molecule has 1 aromatic rings. The average molecular weight is 211 g/mol. The van der Waals surface area contributed by atoms with Gasteiger partial charge in [0.1, 0.15) is 0 Å². The number of hydrogen-bond acceptors (Lipinski definition) is 4. The smallest absolute Gasteiger partial charge is 0.0797 e. The molecule has 0 bridgehead atoms. The van der Waals surface area contributed by atoms with Gasteiger partial charge in [0.15, 0.2) is 0 Å². The Morgan fingerprint density at radius 2 is 2.57 bits per heavy atom. The Kier molecular flexibility index (Phi) is 3.15. The molecule has 78 valence electrons. The summed E-state index contributed by atoms with van der Waals surface area (Å²) >= 11 is 1.76. The fourth-order valence-electron chi connectivity index (χ4n) is 1.89. The Morgan fingerprint density at radius 3 is 3.14 bits per heavy atom. The minimum absolute atomic E-state index is 0.401. The predicted octanol–water partition coefficient (Wildman–Crippen LogP) is 1.03. The molecule has 0 aromatic carbocycles. The van der Waals surface area contributed by atoms with Crippen molar-refractivity contribution in [2.45, 2.75) is 25.8 Å². The van der Waals surface area contributed by atoms with Gasteiger partial charge in [0, 0.05) is 24.0 Å². The molecule has 2 rings (SSSR count). The molecule has 1 aromatic heterocycles. The van der Waals surface area contributed by atoms with Crippen LogP contribution in [0.1, 0.15) is 17.0 Å². The van der Waals surface area contributed by atoms with Gasteiger partial charge in [-0.15, -0.1) is 11.3 Å². The van der Waals surface area contributed by atoms with E-state index in [9.17, 15) is 0 Å². The number of hydrogen-bond donors (Lipinski definition) is 1. The maximum absolute atomic E-state index is 5.85. The summed E-state index contributed by atoms with van der Waals surface area (Å²) in [5.74, 6) is 0. The van der Waals surface area contributed by atoms with Crippen molar-refractivity contribution in [3.8, 4) is 0 Å². The summed E-state index contributed by atoms with van der Waals surface area (Å²) in [4.78, 5) is 8.12. The zero-order valence-corrected chi connectivity index (χ0v) is 9.39. The first kappa shape index (κ1) is 10.1. The molecule has 2 heterocycles. The van der Waals surface area contributed by atoms with Crippen LogP contribution in [0.3, 0.4) is 0 Å². The normalized spacial score (nSPS) is 23.1. The van der Waals surface area contributed by atoms with Crippen molar-refractivity contribution in [1.82, 2.24) is 9.88 Å². The summed E-state index contributed by atoms with van der Waals surface area (Å²) in [6.45, 7) is 5.45. The minimum atomic E-state index is 0.401. The van der Waals surface area contributed by atoms with E-state index in [-0.39, 0.29) is 0 Å². The van der Waals surface area contributed by atoms with E-state index in [1.807, 2.05) is 5.51 Å². The van der Waals surface area contributed by atoms with Gasteiger partial charge in [-0.2, -0.15) is 0 Å². The molecule has 2 N–H and O–H groups in total. The van der Waals surface area contributed by atoms with Gasteiger partial charge in [0.25, 0.3) is 0 Å². The van der Waals surface area contributed by atoms with E-state index in [1.165, 1.54) is 17.1 Å². The number of thiazole rings is 1. The van der Waals surface area contributed by atoms with Crippen LogP contribution in [0.15, 0.2) is 5.51 Å². The zero-order chi connectivity index (χ0) is 9.97. The number of aromatic nitrogens is 1. The van der Waals surface area contributed by atoms with E-state index in [0.29, 0.717) is 6.04 Å². The topological polar surface area (TPSA) is 42.2 Å². The van der Waals surface area contributed by atoms with Gasteiger partial charge in [-0.3, -0.25) is 0 Å². The Bertz CT molecular complexity index is 297. The highest BCUT2D eigenvalue weighted by atomic mass is 32.1. The fraction of sp³-hybridized carbons (Fsp3) is 0.700. The lowest BCUT2D eigenvalue weighted by Gasteiger charge is -2.14. The number of nitrogens with zero attached hydrogens (tertiary/aromatic N) is 2. The second kappa shape index (κ2) is 4.38. The lowest BCUT2D eigenvalue weighted by molar-refractivity contribution is 0.339. The zero-order valence-electron chi connectivity index (χ0n) is 8.57. The Balaban J connectivity index is 1.80. The third kappa shape index (κ3) is 2.32. The van der Waals surface area contributed by atoms with E-state index in [1.54, 1.807) is 11.3 Å². The van der Waals surface area contributed by atoms with Crippen molar-refractivity contribution in [2.75, 3.05) is 19.6 Å². The van der Waals surface area contributed by atoms with Crippen LogP contribution in [0.25, 0.3) is 0 Å². The molecule has 14 heavy (non-hydrogen) atoms. The molecule has 1 aliphatic heterocycles. The van der Waals surface area contributed by atoms with Crippen molar-refractivity contribution in [3.63, 3.8) is 0 Å². The Labute approximate surface area is 88.9 Å². The van der Waals surface area contributed by atoms with Crippen molar-refractivity contribution in [1.29, 1.82) is 0 Å². The molecule has 1 unspecified atom stereocenters. The van der Waals surface area contributed by atoms with E-state index < -0.39 is 0 Å². The maximum Gasteiger partial charge on any atom is 0.0797 e. The highest BCUT2D eigenvalue weighted by molar-refractivity contribution is 7.09. The monoisotopic (exact) mass is 211 g/mol. The molecule has 4 heteroatoms. The standard InChI is InChI=1S/C10H17N3S/c1-8-10(14-7-12-8)3-5-13-4-2-9(11)6-13/h7,9H,2-6,11H2,1H3. The van der Waals surface area contributed by atoms with Crippen molar-refractivity contribution in [2.24, 2.45) is 5.73 Å². The van der Waals surface area contributed by atoms with Crippen LogP contribution in [0.4, 0.5) is 0 Å². The van der Waals surface area contributed by atoms with E-state index in [2.05, 4.69) is 16.8 Å². The summed E-state index contributed by atoms with van der Waals surface area (Å²) in [5.41, 5.74) is 8.98. The summed E-state index contributed by atoms with van der Waals surface area (Å²) in [6, 6.07) is 0.401. The molecule has 0 aliphatic carbocycles. The molecular formula is C10H17N3S. The minimum Gasteiger partial charge on any atom is -0.326 e. The van der Waals surface area contributed by atoms with Crippen LogP contribution in [-0.2, 0) is 6.42 Å². The van der Waals surface area contributed by atoms with Crippen LogP contribution in [-0.4, -0.2) is 35.6 Å². The molecule has 0 saturated carbocycles. The lowest BCUT2D eigenvalue weighted by Crippen LogP contribution is -2.28. The van der Waals surface area contributed by atoms with Crippen LogP contribution in [0, 0.1) is 6.92 Å². The van der Waals surface area contributed by atoms with Gasteiger partial charge in [0.05, 0.1) is 11.2 Å². The van der Waals surface area contributed by atoms with Crippen LogP contribution >= 0.6 is 11.3 Å². The number of nitrogens with two attached hydrogens (primary N) is 1. The summed E-state index contributed by atoms with van der Waals surface area (Å²) in [6.07, 6.45) is 2.28. The van der Waals surface area contributed by atoms with Gasteiger partial charge in [-0.05, 0) is 26.3 Å². The molecule has 1 atom stereocenters. The number of likely N-dealkylation sites (tertiary alicyclic amines) is 1. The highest BCUT2D eigenvalue weighted by Crippen LogP contribution is 2.14. The van der Waals surface area contributed by atoms with Gasteiger partial charge >= 0.3 is 0 Å². The SMILES string of the molecule is Cc1ncsc1CCN1CCC(N)C1. The molecule has 0 amide bonds. The van der Waals surface area contributed by atoms with Crippen molar-refractivity contribution in [3.05, 3.63) is 16.1 Å². The van der Waals surface area contributed by atoms with Crippen molar-refractivity contribution >= 4 is 11.3 Å². The maximum atomic E-state index is 5.85. The molecule has 1 aliphatic rings. The molecular weight excluding hydrogens is 194 g/mol. The van der Waals surface area contributed by atoms with Gasteiger partial charge in [-0.25, -0.2) is 4.98 Å². The fourth-order valence-corrected chi connectivity index (χ4v) is 2.66.